The van der Waals surface area contributed by atoms with E-state index < -0.39 is 0 Å². The molecule has 1 heterocycles. The SMILES string of the molecule is CCCCCCCCCCCCCC(C)(C)N.CCCCCCCCCCCCCCCC[N+](C)(C)C.CCCCCCCCCCCCCCCC[N+](C)(C)C.CCCCCCCCCCCCCCCC[N+](C)(C)C.CCCCCCCCCCCCCCCC[n+]1ccccc1.Cl.[Br-].[Br-].[Br-].[Br-]. The van der Waals surface area contributed by atoms with E-state index >= 15 is 0 Å². The van der Waals surface area contributed by atoms with Crippen molar-refractivity contribution in [2.24, 2.45) is 5.73 Å². The van der Waals surface area contributed by atoms with Gasteiger partial charge in [-0.25, -0.2) is 4.57 Å². The third-order valence-corrected chi connectivity index (χ3v) is 20.5. The third-order valence-electron chi connectivity index (χ3n) is 20.5. The Morgan fingerprint density at radius 3 is 0.519 bits per heavy atom. The Kier molecular flexibility index (Phi) is 119. The molecule has 2 N–H and O–H groups in total. The van der Waals surface area contributed by atoms with Crippen LogP contribution in [0.2, 0.25) is 0 Å². The molecule has 0 spiro atoms. The maximum absolute atomic E-state index is 5.96. The zero-order chi connectivity index (χ0) is 74.0. The second kappa shape index (κ2) is 100. The monoisotopic (exact) mass is 1750 g/mol. The molecule has 0 unspecified atom stereocenters. The topological polar surface area (TPSA) is 29.9 Å². The average Bonchev–Trinajstić information content (AvgIpc) is 1.00. The Bertz CT molecular complexity index is 1460. The summed E-state index contributed by atoms with van der Waals surface area (Å²) in [7, 11) is 20.6. The van der Waals surface area contributed by atoms with Gasteiger partial charge in [-0.15, -0.1) is 12.4 Å². The highest BCUT2D eigenvalue weighted by Crippen LogP contribution is 2.19. The van der Waals surface area contributed by atoms with E-state index in [1.54, 1.807) is 0 Å². The predicted molar refractivity (Wildman–Crippen MR) is 463 cm³/mol. The molecule has 0 aliphatic carbocycles. The zero-order valence-corrected chi connectivity index (χ0v) is 81.7. The van der Waals surface area contributed by atoms with Crippen LogP contribution in [0.1, 0.15) is 485 Å². The number of nitrogens with zero attached hydrogens (tertiary/aromatic N) is 4. The first kappa shape index (κ1) is 123. The van der Waals surface area contributed by atoms with E-state index in [0.29, 0.717) is 0 Å². The van der Waals surface area contributed by atoms with E-state index in [1.165, 1.54) is 463 Å². The molecule has 5 nitrogen and oxygen atoms in total. The van der Waals surface area contributed by atoms with Crippen LogP contribution in [-0.2, 0) is 6.54 Å². The van der Waals surface area contributed by atoms with Crippen LogP contribution in [0.5, 0.6) is 0 Å². The fourth-order valence-electron chi connectivity index (χ4n) is 13.7. The molecule has 0 fully saturated rings. The molecule has 10 heteroatoms. The number of aryl methyl sites for hydroxylation is 1. The molecule has 0 amide bonds. The van der Waals surface area contributed by atoms with Gasteiger partial charge in [0.25, 0.3) is 0 Å². The average molecular weight is 1760 g/mol. The maximum Gasteiger partial charge on any atom is 0.168 e. The second-order valence-corrected chi connectivity index (χ2v) is 35.8. The summed E-state index contributed by atoms with van der Waals surface area (Å²) in [6.07, 6.45) is 102. The molecule has 104 heavy (non-hydrogen) atoms. The summed E-state index contributed by atoms with van der Waals surface area (Å²) >= 11 is 0. The lowest BCUT2D eigenvalue weighted by Crippen LogP contribution is -3.00. The minimum Gasteiger partial charge on any atom is -1.00 e. The van der Waals surface area contributed by atoms with Crippen LogP contribution >= 0.6 is 12.4 Å². The summed E-state index contributed by atoms with van der Waals surface area (Å²) < 4.78 is 5.66. The molecular weight excluding hydrogens is 1550 g/mol. The third kappa shape index (κ3) is 132. The fraction of sp³-hybridized carbons (Fsp3) is 0.947. The minimum absolute atomic E-state index is 0. The first-order valence-electron chi connectivity index (χ1n) is 45.8. The number of halogens is 5. The van der Waals surface area contributed by atoms with Crippen LogP contribution in [0.3, 0.4) is 0 Å². The molecule has 0 bridgehead atoms. The van der Waals surface area contributed by atoms with Crippen LogP contribution in [0.25, 0.3) is 0 Å². The van der Waals surface area contributed by atoms with Crippen molar-refractivity contribution < 1.29 is 85.9 Å². The highest BCUT2D eigenvalue weighted by Gasteiger charge is 2.10. The van der Waals surface area contributed by atoms with Crippen LogP contribution in [0.4, 0.5) is 0 Å². The largest absolute Gasteiger partial charge is 1.00 e. The van der Waals surface area contributed by atoms with Crippen LogP contribution in [0.15, 0.2) is 30.6 Å². The van der Waals surface area contributed by atoms with E-state index in [1.807, 2.05) is 0 Å². The molecule has 0 saturated carbocycles. The van der Waals surface area contributed by atoms with Crippen molar-refractivity contribution in [2.75, 3.05) is 83.1 Å². The van der Waals surface area contributed by atoms with Gasteiger partial charge in [-0.3, -0.25) is 0 Å². The lowest BCUT2D eigenvalue weighted by molar-refractivity contribution is -0.870. The standard InChI is InChI=1S/C21H38N.3C19H42N.C16H35N.4BrH.ClH/c1-2-3-4-5-6-7-8-9-10-11-12-13-14-16-19-22-20-17-15-18-21-22;3*1-5-6-7-8-9-10-11-12-13-14-15-16-17-18-19-20(2,3)4;1-4-5-6-7-8-9-10-11-12-13-14-15-16(2,3)17;;;;;/h15,17-18,20-21H,2-14,16,19H2,1H3;3*5-19H2,1-4H3;4-15,17H2,1-3H3;5*1H/q4*+1;;;;;;/p-4. The molecule has 0 aromatic carbocycles. The van der Waals surface area contributed by atoms with Crippen LogP contribution in [-0.4, -0.2) is 102 Å². The normalized spacial score (nSPS) is 11.2. The van der Waals surface area contributed by atoms with Gasteiger partial charge in [0.15, 0.2) is 12.4 Å². The van der Waals surface area contributed by atoms with E-state index in [9.17, 15) is 0 Å². The number of hydrogen-bond donors (Lipinski definition) is 1. The number of nitrogens with two attached hydrogens (primary N) is 1. The lowest BCUT2D eigenvalue weighted by atomic mass is 9.97. The van der Waals surface area contributed by atoms with Crippen molar-refractivity contribution in [2.45, 2.75) is 497 Å². The van der Waals surface area contributed by atoms with Crippen molar-refractivity contribution in [3.63, 3.8) is 0 Å². The van der Waals surface area contributed by atoms with Gasteiger partial charge < -0.3 is 87.1 Å². The van der Waals surface area contributed by atoms with Gasteiger partial charge in [0.1, 0.15) is 6.54 Å². The molecular formula is C94H200Br4ClN5. The summed E-state index contributed by atoms with van der Waals surface area (Å²) in [6.45, 7) is 20.9. The predicted octanol–water partition coefficient (Wildman–Crippen LogP) is 18.8. The molecule has 1 rings (SSSR count). The summed E-state index contributed by atoms with van der Waals surface area (Å²) in [5, 5.41) is 0. The molecule has 0 aliphatic rings. The van der Waals surface area contributed by atoms with Gasteiger partial charge in [-0.1, -0.05) is 420 Å². The van der Waals surface area contributed by atoms with Crippen molar-refractivity contribution in [1.29, 1.82) is 0 Å². The molecule has 0 radical (unpaired) electrons. The first-order valence-corrected chi connectivity index (χ1v) is 45.8. The van der Waals surface area contributed by atoms with Crippen molar-refractivity contribution in [3.8, 4) is 0 Å². The van der Waals surface area contributed by atoms with E-state index in [-0.39, 0.29) is 85.9 Å². The number of aromatic nitrogens is 1. The van der Waals surface area contributed by atoms with Crippen molar-refractivity contribution >= 4 is 12.4 Å². The smallest absolute Gasteiger partial charge is 0.168 e. The van der Waals surface area contributed by atoms with Crippen LogP contribution in [0, 0.1) is 0 Å². The Morgan fingerprint density at radius 2 is 0.365 bits per heavy atom. The number of hydrogen-bond acceptors (Lipinski definition) is 1. The van der Waals surface area contributed by atoms with Gasteiger partial charge in [0.2, 0.25) is 0 Å². The maximum atomic E-state index is 5.96. The minimum atomic E-state index is 0. The van der Waals surface area contributed by atoms with Gasteiger partial charge >= 0.3 is 0 Å². The highest BCUT2D eigenvalue weighted by molar-refractivity contribution is 5.85. The first-order chi connectivity index (χ1) is 47.7. The Hall–Kier alpha value is 1.20. The lowest BCUT2D eigenvalue weighted by Gasteiger charge is -2.23. The van der Waals surface area contributed by atoms with E-state index in [2.05, 4.69) is 147 Å². The quantitative estimate of drug-likeness (QED) is 0.0393. The zero-order valence-electron chi connectivity index (χ0n) is 74.6. The van der Waals surface area contributed by atoms with Gasteiger partial charge in [-0.05, 0) is 65.2 Å². The molecule has 0 aliphatic heterocycles. The second-order valence-electron chi connectivity index (χ2n) is 35.8. The molecule has 0 saturated heterocycles. The molecule has 1 aromatic heterocycles. The van der Waals surface area contributed by atoms with E-state index in [0.717, 1.165) is 13.4 Å². The van der Waals surface area contributed by atoms with Crippen molar-refractivity contribution in [1.82, 2.24) is 0 Å². The number of pyridine rings is 1. The van der Waals surface area contributed by atoms with Crippen molar-refractivity contribution in [3.05, 3.63) is 30.6 Å². The van der Waals surface area contributed by atoms with Gasteiger partial charge in [0, 0.05) is 24.1 Å². The number of rotatable bonds is 72. The number of unbranched alkanes of at least 4 members (excludes halogenated alkanes) is 62. The van der Waals surface area contributed by atoms with Gasteiger partial charge in [-0.2, -0.15) is 0 Å². The molecule has 636 valence electrons. The highest BCUT2D eigenvalue weighted by atomic mass is 79.9. The number of quaternary nitrogens is 3. The molecule has 1 aromatic rings. The van der Waals surface area contributed by atoms with Crippen LogP contribution < -0.4 is 78.2 Å². The molecule has 0 atom stereocenters. The fourth-order valence-corrected chi connectivity index (χ4v) is 13.7. The summed E-state index contributed by atoms with van der Waals surface area (Å²) in [5.74, 6) is 0. The van der Waals surface area contributed by atoms with Gasteiger partial charge in [0.05, 0.1) is 83.1 Å². The summed E-state index contributed by atoms with van der Waals surface area (Å²) in [5.41, 5.74) is 6.00. The Balaban J connectivity index is -0.000000153. The Labute approximate surface area is 709 Å². The Morgan fingerprint density at radius 1 is 0.221 bits per heavy atom. The van der Waals surface area contributed by atoms with E-state index in [4.69, 9.17) is 5.73 Å². The summed E-state index contributed by atoms with van der Waals surface area (Å²) in [6, 6.07) is 6.31. The summed E-state index contributed by atoms with van der Waals surface area (Å²) in [4.78, 5) is 0.